The van der Waals surface area contributed by atoms with Crippen molar-refractivity contribution in [3.63, 3.8) is 0 Å². The number of hydrogen-bond donors (Lipinski definition) is 1. The zero-order valence-corrected chi connectivity index (χ0v) is 15.2. The average molecular weight is 347 g/mol. The summed E-state index contributed by atoms with van der Waals surface area (Å²) in [6.45, 7) is 6.87. The number of benzene rings is 1. The molecule has 2 aliphatic rings. The lowest BCUT2D eigenvalue weighted by Crippen LogP contribution is -2.50. The fraction of sp³-hybridized carbons (Fsp3) is 0.650. The molecule has 5 heteroatoms. The fourth-order valence-electron chi connectivity index (χ4n) is 4.09. The number of halogens is 1. The molecule has 0 unspecified atom stereocenters. The van der Waals surface area contributed by atoms with Crippen molar-refractivity contribution >= 4 is 11.6 Å². The third-order valence-electron chi connectivity index (χ3n) is 5.47. The highest BCUT2D eigenvalue weighted by atomic mass is 19.1. The first-order chi connectivity index (χ1) is 12.2. The third-order valence-corrected chi connectivity index (χ3v) is 5.47. The van der Waals surface area contributed by atoms with Crippen molar-refractivity contribution < 1.29 is 9.18 Å². The van der Waals surface area contributed by atoms with E-state index in [1.807, 2.05) is 12.1 Å². The van der Waals surface area contributed by atoms with Gasteiger partial charge >= 0.3 is 0 Å². The van der Waals surface area contributed by atoms with E-state index in [-0.39, 0.29) is 17.8 Å². The van der Waals surface area contributed by atoms with Gasteiger partial charge in [0.05, 0.1) is 6.04 Å². The standard InChI is InChI=1S/C20H30FN3O/c1-2-11-23-12-4-3-5-19(23)20(25)22-14-16-10-13-24(15-16)18-8-6-17(21)7-9-18/h6-9,16,19H,2-5,10-15H2,1H3,(H,22,25)/t16-,19+/m0/s1. The van der Waals surface area contributed by atoms with Crippen molar-refractivity contribution in [2.75, 3.05) is 37.6 Å². The average Bonchev–Trinajstić information content (AvgIpc) is 3.10. The number of nitrogens with one attached hydrogen (secondary N) is 1. The number of rotatable bonds is 6. The van der Waals surface area contributed by atoms with Gasteiger partial charge in [0, 0.05) is 25.3 Å². The maximum Gasteiger partial charge on any atom is 0.237 e. The second kappa shape index (κ2) is 8.65. The van der Waals surface area contributed by atoms with Crippen molar-refractivity contribution in [1.29, 1.82) is 0 Å². The molecule has 2 fully saturated rings. The van der Waals surface area contributed by atoms with E-state index in [2.05, 4.69) is 22.0 Å². The summed E-state index contributed by atoms with van der Waals surface area (Å²) in [5.74, 6) is 0.474. The van der Waals surface area contributed by atoms with Crippen LogP contribution in [0.5, 0.6) is 0 Å². The highest BCUT2D eigenvalue weighted by molar-refractivity contribution is 5.81. The molecular formula is C20H30FN3O. The molecule has 0 radical (unpaired) electrons. The molecule has 2 aliphatic heterocycles. The summed E-state index contributed by atoms with van der Waals surface area (Å²) in [5.41, 5.74) is 1.07. The maximum absolute atomic E-state index is 13.1. The summed E-state index contributed by atoms with van der Waals surface area (Å²) in [6, 6.07) is 6.75. The minimum Gasteiger partial charge on any atom is -0.371 e. The molecule has 0 aliphatic carbocycles. The topological polar surface area (TPSA) is 35.6 Å². The van der Waals surface area contributed by atoms with Gasteiger partial charge in [-0.3, -0.25) is 9.69 Å². The number of piperidine rings is 1. The van der Waals surface area contributed by atoms with Crippen LogP contribution in [-0.4, -0.2) is 49.6 Å². The Balaban J connectivity index is 1.47. The summed E-state index contributed by atoms with van der Waals surface area (Å²) in [5, 5.41) is 3.20. The molecule has 25 heavy (non-hydrogen) atoms. The molecular weight excluding hydrogens is 317 g/mol. The molecule has 0 aromatic heterocycles. The van der Waals surface area contributed by atoms with Crippen molar-refractivity contribution in [2.45, 2.75) is 45.1 Å². The van der Waals surface area contributed by atoms with Crippen LogP contribution in [0, 0.1) is 11.7 Å². The Kier molecular flexibility index (Phi) is 6.29. The predicted octanol–water partition coefficient (Wildman–Crippen LogP) is 3.03. The molecule has 0 saturated carbocycles. The van der Waals surface area contributed by atoms with E-state index in [0.29, 0.717) is 5.92 Å². The Labute approximate surface area is 150 Å². The molecule has 2 atom stereocenters. The van der Waals surface area contributed by atoms with Crippen molar-refractivity contribution in [3.05, 3.63) is 30.1 Å². The Bertz CT molecular complexity index is 561. The Hall–Kier alpha value is -1.62. The van der Waals surface area contributed by atoms with Gasteiger partial charge in [0.15, 0.2) is 0 Å². The number of carbonyl (C=O) groups is 1. The zero-order valence-electron chi connectivity index (χ0n) is 15.2. The lowest BCUT2D eigenvalue weighted by Gasteiger charge is -2.34. The van der Waals surface area contributed by atoms with Gasteiger partial charge in [-0.2, -0.15) is 0 Å². The van der Waals surface area contributed by atoms with E-state index in [9.17, 15) is 9.18 Å². The van der Waals surface area contributed by atoms with Crippen molar-refractivity contribution in [3.8, 4) is 0 Å². The van der Waals surface area contributed by atoms with Gasteiger partial charge in [-0.15, -0.1) is 0 Å². The van der Waals surface area contributed by atoms with Gasteiger partial charge in [-0.1, -0.05) is 13.3 Å². The number of anilines is 1. The molecule has 4 nitrogen and oxygen atoms in total. The van der Waals surface area contributed by atoms with Crippen LogP contribution in [0.2, 0.25) is 0 Å². The summed E-state index contributed by atoms with van der Waals surface area (Å²) in [7, 11) is 0. The molecule has 1 aromatic carbocycles. The first-order valence-electron chi connectivity index (χ1n) is 9.69. The third kappa shape index (κ3) is 4.72. The van der Waals surface area contributed by atoms with E-state index in [4.69, 9.17) is 0 Å². The van der Waals surface area contributed by atoms with Gasteiger partial charge in [0.1, 0.15) is 5.82 Å². The predicted molar refractivity (Wildman–Crippen MR) is 99.2 cm³/mol. The van der Waals surface area contributed by atoms with Crippen molar-refractivity contribution in [2.24, 2.45) is 5.92 Å². The van der Waals surface area contributed by atoms with Gasteiger partial charge in [0.25, 0.3) is 0 Å². The van der Waals surface area contributed by atoms with E-state index in [0.717, 1.165) is 64.1 Å². The normalized spacial score (nSPS) is 24.5. The molecule has 1 amide bonds. The van der Waals surface area contributed by atoms with Crippen LogP contribution in [0.15, 0.2) is 24.3 Å². The van der Waals surface area contributed by atoms with Crippen molar-refractivity contribution in [1.82, 2.24) is 10.2 Å². The van der Waals surface area contributed by atoms with Crippen LogP contribution in [0.3, 0.4) is 0 Å². The minimum atomic E-state index is -0.198. The Morgan fingerprint density at radius 3 is 2.76 bits per heavy atom. The van der Waals surface area contributed by atoms with Crippen LogP contribution in [-0.2, 0) is 4.79 Å². The molecule has 2 saturated heterocycles. The van der Waals surface area contributed by atoms with E-state index in [1.54, 1.807) is 0 Å². The molecule has 1 N–H and O–H groups in total. The van der Waals surface area contributed by atoms with Crippen LogP contribution < -0.4 is 10.2 Å². The maximum atomic E-state index is 13.1. The first kappa shape index (κ1) is 18.2. The van der Waals surface area contributed by atoms with Crippen LogP contribution in [0.4, 0.5) is 10.1 Å². The number of amides is 1. The number of nitrogens with zero attached hydrogens (tertiary/aromatic N) is 2. The molecule has 1 aromatic rings. The zero-order chi connectivity index (χ0) is 17.6. The lowest BCUT2D eigenvalue weighted by atomic mass is 10.0. The van der Waals surface area contributed by atoms with Gasteiger partial charge < -0.3 is 10.2 Å². The van der Waals surface area contributed by atoms with Crippen LogP contribution in [0.25, 0.3) is 0 Å². The first-order valence-corrected chi connectivity index (χ1v) is 9.69. The van der Waals surface area contributed by atoms with Gasteiger partial charge in [-0.05, 0) is 69.0 Å². The summed E-state index contributed by atoms with van der Waals surface area (Å²) in [4.78, 5) is 17.2. The molecule has 2 heterocycles. The van der Waals surface area contributed by atoms with Crippen LogP contribution in [0.1, 0.15) is 39.0 Å². The SMILES string of the molecule is CCCN1CCCC[C@@H]1C(=O)NC[C@@H]1CCN(c2ccc(F)cc2)C1. The number of hydrogen-bond acceptors (Lipinski definition) is 3. The summed E-state index contributed by atoms with van der Waals surface area (Å²) in [6.07, 6.45) is 5.51. The minimum absolute atomic E-state index is 0.0586. The molecule has 0 bridgehead atoms. The Morgan fingerprint density at radius 2 is 2.00 bits per heavy atom. The number of likely N-dealkylation sites (tertiary alicyclic amines) is 1. The lowest BCUT2D eigenvalue weighted by molar-refractivity contribution is -0.127. The smallest absolute Gasteiger partial charge is 0.237 e. The van der Waals surface area contributed by atoms with Gasteiger partial charge in [0.2, 0.25) is 5.91 Å². The molecule has 138 valence electrons. The van der Waals surface area contributed by atoms with E-state index < -0.39 is 0 Å². The monoisotopic (exact) mass is 347 g/mol. The highest BCUT2D eigenvalue weighted by Gasteiger charge is 2.29. The molecule has 0 spiro atoms. The quantitative estimate of drug-likeness (QED) is 0.859. The second-order valence-electron chi connectivity index (χ2n) is 7.37. The van der Waals surface area contributed by atoms with E-state index in [1.165, 1.54) is 18.6 Å². The summed E-state index contributed by atoms with van der Waals surface area (Å²) >= 11 is 0. The largest absolute Gasteiger partial charge is 0.371 e. The van der Waals surface area contributed by atoms with Gasteiger partial charge in [-0.25, -0.2) is 4.39 Å². The van der Waals surface area contributed by atoms with Crippen LogP contribution >= 0.6 is 0 Å². The summed E-state index contributed by atoms with van der Waals surface area (Å²) < 4.78 is 13.1. The number of carbonyl (C=O) groups excluding carboxylic acids is 1. The van der Waals surface area contributed by atoms with E-state index >= 15 is 0 Å². The molecule has 3 rings (SSSR count). The fourth-order valence-corrected chi connectivity index (χ4v) is 4.09. The second-order valence-corrected chi connectivity index (χ2v) is 7.37. The highest BCUT2D eigenvalue weighted by Crippen LogP contribution is 2.24. The Morgan fingerprint density at radius 1 is 1.20 bits per heavy atom.